The molecular formula is C24H26N4O3. The van der Waals surface area contributed by atoms with Gasteiger partial charge in [0.25, 0.3) is 5.91 Å². The van der Waals surface area contributed by atoms with Crippen molar-refractivity contribution in [1.82, 2.24) is 20.9 Å². The van der Waals surface area contributed by atoms with E-state index in [1.165, 1.54) is 11.1 Å². The Bertz CT molecular complexity index is 1050. The van der Waals surface area contributed by atoms with Crippen molar-refractivity contribution in [2.24, 2.45) is 0 Å². The smallest absolute Gasteiger partial charge is 0.255 e. The molecule has 0 radical (unpaired) electrons. The van der Waals surface area contributed by atoms with E-state index in [-0.39, 0.29) is 30.2 Å². The maximum absolute atomic E-state index is 13.3. The molecule has 160 valence electrons. The summed E-state index contributed by atoms with van der Waals surface area (Å²) in [5.74, 6) is -0.771. The van der Waals surface area contributed by atoms with Gasteiger partial charge in [-0.25, -0.2) is 0 Å². The number of amides is 3. The number of carbonyl (C=O) groups is 3. The molecule has 0 bridgehead atoms. The second-order valence-electron chi connectivity index (χ2n) is 8.44. The van der Waals surface area contributed by atoms with Gasteiger partial charge in [0.15, 0.2) is 0 Å². The molecule has 3 aliphatic heterocycles. The van der Waals surface area contributed by atoms with Gasteiger partial charge in [0, 0.05) is 37.7 Å². The molecule has 1 saturated heterocycles. The SMILES string of the molecule is O=C1CCC(N2Cc3cccc(CNC4CNCCc5ccccc54)c3C2=O)C(=O)N1. The lowest BCUT2D eigenvalue weighted by Crippen LogP contribution is -2.52. The number of rotatable bonds is 4. The van der Waals surface area contributed by atoms with Crippen LogP contribution in [0.3, 0.4) is 0 Å². The molecule has 5 rings (SSSR count). The number of benzene rings is 2. The molecule has 1 fully saturated rings. The first-order valence-electron chi connectivity index (χ1n) is 10.9. The van der Waals surface area contributed by atoms with Crippen LogP contribution < -0.4 is 16.0 Å². The van der Waals surface area contributed by atoms with Crippen LogP contribution in [0.1, 0.15) is 51.5 Å². The molecule has 2 aromatic carbocycles. The van der Waals surface area contributed by atoms with E-state index < -0.39 is 6.04 Å². The number of imide groups is 1. The summed E-state index contributed by atoms with van der Waals surface area (Å²) in [4.78, 5) is 38.7. The zero-order valence-electron chi connectivity index (χ0n) is 17.3. The molecule has 31 heavy (non-hydrogen) atoms. The second kappa shape index (κ2) is 8.24. The van der Waals surface area contributed by atoms with Gasteiger partial charge in [0.05, 0.1) is 0 Å². The molecule has 3 heterocycles. The topological polar surface area (TPSA) is 90.5 Å². The number of fused-ring (bicyclic) bond motifs is 2. The van der Waals surface area contributed by atoms with Gasteiger partial charge in [-0.05, 0) is 41.6 Å². The van der Waals surface area contributed by atoms with Crippen LogP contribution in [0, 0.1) is 0 Å². The van der Waals surface area contributed by atoms with E-state index in [4.69, 9.17) is 0 Å². The third kappa shape index (κ3) is 3.75. The van der Waals surface area contributed by atoms with E-state index in [0.717, 1.165) is 30.6 Å². The lowest BCUT2D eigenvalue weighted by molar-refractivity contribution is -0.136. The Morgan fingerprint density at radius 3 is 2.71 bits per heavy atom. The van der Waals surface area contributed by atoms with E-state index in [9.17, 15) is 14.4 Å². The molecule has 7 nitrogen and oxygen atoms in total. The van der Waals surface area contributed by atoms with Gasteiger partial charge in [0.2, 0.25) is 11.8 Å². The minimum Gasteiger partial charge on any atom is -0.322 e. The molecule has 2 unspecified atom stereocenters. The highest BCUT2D eigenvalue weighted by molar-refractivity contribution is 6.06. The van der Waals surface area contributed by atoms with Crippen LogP contribution in [0.2, 0.25) is 0 Å². The van der Waals surface area contributed by atoms with Crippen LogP contribution in [-0.2, 0) is 29.1 Å². The van der Waals surface area contributed by atoms with Crippen molar-refractivity contribution >= 4 is 17.7 Å². The fourth-order valence-corrected chi connectivity index (χ4v) is 4.93. The van der Waals surface area contributed by atoms with Gasteiger partial charge in [0.1, 0.15) is 6.04 Å². The molecule has 0 aliphatic carbocycles. The summed E-state index contributed by atoms with van der Waals surface area (Å²) >= 11 is 0. The summed E-state index contributed by atoms with van der Waals surface area (Å²) in [5.41, 5.74) is 5.22. The lowest BCUT2D eigenvalue weighted by atomic mass is 9.98. The largest absolute Gasteiger partial charge is 0.322 e. The first-order chi connectivity index (χ1) is 15.1. The quantitative estimate of drug-likeness (QED) is 0.654. The van der Waals surface area contributed by atoms with Gasteiger partial charge in [-0.3, -0.25) is 19.7 Å². The number of nitrogens with zero attached hydrogens (tertiary/aromatic N) is 1. The van der Waals surface area contributed by atoms with Crippen molar-refractivity contribution in [2.75, 3.05) is 13.1 Å². The summed E-state index contributed by atoms with van der Waals surface area (Å²) in [6, 6.07) is 14.0. The maximum Gasteiger partial charge on any atom is 0.255 e. The van der Waals surface area contributed by atoms with Crippen molar-refractivity contribution in [2.45, 2.75) is 44.4 Å². The van der Waals surface area contributed by atoms with E-state index >= 15 is 0 Å². The number of nitrogens with one attached hydrogen (secondary N) is 3. The number of hydrogen-bond acceptors (Lipinski definition) is 5. The number of piperidine rings is 1. The van der Waals surface area contributed by atoms with Crippen molar-refractivity contribution in [3.63, 3.8) is 0 Å². The average Bonchev–Trinajstić information content (AvgIpc) is 2.97. The average molecular weight is 418 g/mol. The van der Waals surface area contributed by atoms with Gasteiger partial charge in [-0.15, -0.1) is 0 Å². The van der Waals surface area contributed by atoms with Crippen molar-refractivity contribution in [1.29, 1.82) is 0 Å². The third-order valence-electron chi connectivity index (χ3n) is 6.53. The maximum atomic E-state index is 13.3. The van der Waals surface area contributed by atoms with Crippen LogP contribution in [0.5, 0.6) is 0 Å². The highest BCUT2D eigenvalue weighted by atomic mass is 16.2. The zero-order chi connectivity index (χ0) is 21.4. The first-order valence-corrected chi connectivity index (χ1v) is 10.9. The second-order valence-corrected chi connectivity index (χ2v) is 8.44. The van der Waals surface area contributed by atoms with Gasteiger partial charge in [-0.2, -0.15) is 0 Å². The Kier molecular flexibility index (Phi) is 5.29. The fourth-order valence-electron chi connectivity index (χ4n) is 4.93. The first kappa shape index (κ1) is 19.9. The van der Waals surface area contributed by atoms with E-state index in [1.807, 2.05) is 18.2 Å². The summed E-state index contributed by atoms with van der Waals surface area (Å²) in [6.45, 7) is 2.76. The molecule has 3 amide bonds. The summed E-state index contributed by atoms with van der Waals surface area (Å²) in [5, 5.41) is 9.49. The highest BCUT2D eigenvalue weighted by Gasteiger charge is 2.40. The van der Waals surface area contributed by atoms with Gasteiger partial charge >= 0.3 is 0 Å². The molecule has 0 saturated carbocycles. The normalized spacial score (nSPS) is 23.2. The molecule has 0 aromatic heterocycles. The molecule has 0 spiro atoms. The third-order valence-corrected chi connectivity index (χ3v) is 6.53. The zero-order valence-corrected chi connectivity index (χ0v) is 17.3. The van der Waals surface area contributed by atoms with Crippen LogP contribution in [0.25, 0.3) is 0 Å². The summed E-state index contributed by atoms with van der Waals surface area (Å²) in [6.07, 6.45) is 1.65. The molecule has 2 aromatic rings. The summed E-state index contributed by atoms with van der Waals surface area (Å²) < 4.78 is 0. The van der Waals surface area contributed by atoms with Crippen LogP contribution in [0.15, 0.2) is 42.5 Å². The molecular weight excluding hydrogens is 392 g/mol. The van der Waals surface area contributed by atoms with E-state index in [1.54, 1.807) is 4.90 Å². The Labute approximate surface area is 181 Å². The van der Waals surface area contributed by atoms with Crippen LogP contribution in [0.4, 0.5) is 0 Å². The van der Waals surface area contributed by atoms with E-state index in [0.29, 0.717) is 25.1 Å². The highest BCUT2D eigenvalue weighted by Crippen LogP contribution is 2.30. The van der Waals surface area contributed by atoms with Crippen LogP contribution >= 0.6 is 0 Å². The summed E-state index contributed by atoms with van der Waals surface area (Å²) in [7, 11) is 0. The Morgan fingerprint density at radius 1 is 1.00 bits per heavy atom. The standard InChI is InChI=1S/C24H26N4O3/c29-21-9-8-20(23(30)27-21)28-14-17-6-3-5-16(22(17)24(28)31)12-26-19-13-25-11-10-15-4-1-2-7-18(15)19/h1-7,19-20,25-26H,8-14H2,(H,27,29,30). The fraction of sp³-hybridized carbons (Fsp3) is 0.375. The van der Waals surface area contributed by atoms with E-state index in [2.05, 4.69) is 40.2 Å². The molecule has 2 atom stereocenters. The lowest BCUT2D eigenvalue weighted by Gasteiger charge is -2.29. The Balaban J connectivity index is 1.35. The Hall–Kier alpha value is -3.03. The predicted molar refractivity (Wildman–Crippen MR) is 115 cm³/mol. The molecule has 7 heteroatoms. The number of carbonyl (C=O) groups excluding carboxylic acids is 3. The minimum atomic E-state index is -0.587. The van der Waals surface area contributed by atoms with Gasteiger partial charge < -0.3 is 15.5 Å². The predicted octanol–water partition coefficient (Wildman–Crippen LogP) is 1.42. The minimum absolute atomic E-state index is 0.124. The van der Waals surface area contributed by atoms with Crippen LogP contribution in [-0.4, -0.2) is 41.8 Å². The van der Waals surface area contributed by atoms with Gasteiger partial charge in [-0.1, -0.05) is 42.5 Å². The van der Waals surface area contributed by atoms with Crippen molar-refractivity contribution in [3.8, 4) is 0 Å². The van der Waals surface area contributed by atoms with Crippen molar-refractivity contribution in [3.05, 3.63) is 70.3 Å². The number of hydrogen-bond donors (Lipinski definition) is 3. The Morgan fingerprint density at radius 2 is 1.84 bits per heavy atom. The molecule has 3 aliphatic rings. The molecule has 3 N–H and O–H groups in total. The van der Waals surface area contributed by atoms with Crippen molar-refractivity contribution < 1.29 is 14.4 Å². The monoisotopic (exact) mass is 418 g/mol.